The van der Waals surface area contributed by atoms with Gasteiger partial charge in [0, 0.05) is 23.6 Å². The van der Waals surface area contributed by atoms with Crippen molar-refractivity contribution in [2.45, 2.75) is 51.2 Å². The van der Waals surface area contributed by atoms with Gasteiger partial charge in [-0.05, 0) is 43.4 Å². The number of aryl methyl sites for hydroxylation is 1. The highest BCUT2D eigenvalue weighted by Crippen LogP contribution is 2.20. The predicted octanol–water partition coefficient (Wildman–Crippen LogP) is 2.62. The fourth-order valence-electron chi connectivity index (χ4n) is 3.32. The van der Waals surface area contributed by atoms with E-state index in [4.69, 9.17) is 0 Å². The summed E-state index contributed by atoms with van der Waals surface area (Å²) in [7, 11) is 0. The molecule has 1 aromatic heterocycles. The minimum Gasteiger partial charge on any atom is -0.391 e. The Bertz CT molecular complexity index is 680. The number of aliphatic hydroxyl groups is 1. The summed E-state index contributed by atoms with van der Waals surface area (Å²) in [5.41, 5.74) is 3.57. The second-order valence-corrected chi connectivity index (χ2v) is 6.47. The number of aromatic amines is 1. The SMILES string of the molecule is Cc1ccc2c(CCNC(=O)NC3CCCCC3O)c[nH]c2c1. The van der Waals surface area contributed by atoms with Crippen LogP contribution < -0.4 is 10.6 Å². The van der Waals surface area contributed by atoms with E-state index in [1.54, 1.807) is 0 Å². The zero-order valence-corrected chi connectivity index (χ0v) is 13.6. The van der Waals surface area contributed by atoms with Crippen LogP contribution in [0.1, 0.15) is 36.8 Å². The monoisotopic (exact) mass is 315 g/mol. The molecular formula is C18H25N3O2. The molecule has 1 saturated carbocycles. The summed E-state index contributed by atoms with van der Waals surface area (Å²) in [6.07, 6.45) is 6.12. The van der Waals surface area contributed by atoms with Gasteiger partial charge >= 0.3 is 6.03 Å². The Labute approximate surface area is 136 Å². The first-order valence-corrected chi connectivity index (χ1v) is 8.42. The van der Waals surface area contributed by atoms with Crippen molar-refractivity contribution in [1.29, 1.82) is 0 Å². The second kappa shape index (κ2) is 7.04. The number of benzene rings is 1. The van der Waals surface area contributed by atoms with Crippen LogP contribution in [-0.4, -0.2) is 34.8 Å². The second-order valence-electron chi connectivity index (χ2n) is 6.47. The zero-order valence-electron chi connectivity index (χ0n) is 13.6. The highest BCUT2D eigenvalue weighted by Gasteiger charge is 2.24. The lowest BCUT2D eigenvalue weighted by Crippen LogP contribution is -2.49. The third-order valence-electron chi connectivity index (χ3n) is 4.65. The fourth-order valence-corrected chi connectivity index (χ4v) is 3.32. The van der Waals surface area contributed by atoms with Gasteiger partial charge in [0.1, 0.15) is 0 Å². The Morgan fingerprint density at radius 1 is 1.35 bits per heavy atom. The molecule has 0 saturated heterocycles. The molecule has 4 N–H and O–H groups in total. The average Bonchev–Trinajstić information content (AvgIpc) is 2.92. The maximum atomic E-state index is 12.0. The minimum absolute atomic E-state index is 0.111. The molecule has 1 fully saturated rings. The van der Waals surface area contributed by atoms with Crippen LogP contribution in [0, 0.1) is 6.92 Å². The quantitative estimate of drug-likeness (QED) is 0.700. The van der Waals surface area contributed by atoms with E-state index in [0.717, 1.165) is 37.6 Å². The summed E-state index contributed by atoms with van der Waals surface area (Å²) in [5, 5.41) is 16.9. The standard InChI is InChI=1S/C18H25N3O2/c1-12-6-7-14-13(11-20-16(14)10-12)8-9-19-18(23)21-15-4-2-3-5-17(15)22/h6-7,10-11,15,17,20,22H,2-5,8-9H2,1H3,(H2,19,21,23). The van der Waals surface area contributed by atoms with Gasteiger partial charge in [0.05, 0.1) is 12.1 Å². The van der Waals surface area contributed by atoms with Gasteiger partial charge in [-0.1, -0.05) is 25.0 Å². The molecule has 0 bridgehead atoms. The first-order valence-electron chi connectivity index (χ1n) is 8.42. The van der Waals surface area contributed by atoms with E-state index in [9.17, 15) is 9.90 Å². The summed E-state index contributed by atoms with van der Waals surface area (Å²) in [4.78, 5) is 15.2. The van der Waals surface area contributed by atoms with Gasteiger partial charge in [0.2, 0.25) is 0 Å². The fraction of sp³-hybridized carbons (Fsp3) is 0.500. The summed E-state index contributed by atoms with van der Waals surface area (Å²) in [5.74, 6) is 0. The molecule has 1 heterocycles. The number of carbonyl (C=O) groups excluding carboxylic acids is 1. The molecule has 0 radical (unpaired) electrons. The maximum Gasteiger partial charge on any atom is 0.315 e. The van der Waals surface area contributed by atoms with Crippen LogP contribution in [0.4, 0.5) is 4.79 Å². The molecule has 5 nitrogen and oxygen atoms in total. The van der Waals surface area contributed by atoms with Crippen molar-refractivity contribution in [2.75, 3.05) is 6.54 Å². The molecule has 2 amide bonds. The first kappa shape index (κ1) is 15.9. The predicted molar refractivity (Wildman–Crippen MR) is 91.5 cm³/mol. The van der Waals surface area contributed by atoms with E-state index in [1.807, 2.05) is 6.20 Å². The lowest BCUT2D eigenvalue weighted by Gasteiger charge is -2.28. The minimum atomic E-state index is -0.411. The van der Waals surface area contributed by atoms with Crippen LogP contribution in [0.3, 0.4) is 0 Å². The van der Waals surface area contributed by atoms with Crippen LogP contribution in [0.25, 0.3) is 10.9 Å². The van der Waals surface area contributed by atoms with Gasteiger partial charge in [-0.3, -0.25) is 0 Å². The number of aromatic nitrogens is 1. The summed E-state index contributed by atoms with van der Waals surface area (Å²) in [6.45, 7) is 2.65. The molecule has 1 aliphatic carbocycles. The number of urea groups is 1. The Balaban J connectivity index is 1.49. The van der Waals surface area contributed by atoms with E-state index in [1.165, 1.54) is 16.5 Å². The van der Waals surface area contributed by atoms with Gasteiger partial charge in [0.25, 0.3) is 0 Å². The third-order valence-corrected chi connectivity index (χ3v) is 4.65. The Kier molecular flexibility index (Phi) is 4.86. The first-order chi connectivity index (χ1) is 11.1. The molecular weight excluding hydrogens is 290 g/mol. The Morgan fingerprint density at radius 2 is 2.17 bits per heavy atom. The van der Waals surface area contributed by atoms with Gasteiger partial charge in [-0.15, -0.1) is 0 Å². The van der Waals surface area contributed by atoms with E-state index >= 15 is 0 Å². The number of nitrogens with one attached hydrogen (secondary N) is 3. The van der Waals surface area contributed by atoms with E-state index < -0.39 is 6.10 Å². The number of rotatable bonds is 4. The molecule has 124 valence electrons. The number of hydrogen-bond donors (Lipinski definition) is 4. The molecule has 0 aliphatic heterocycles. The van der Waals surface area contributed by atoms with Gasteiger partial charge in [-0.25, -0.2) is 4.79 Å². The van der Waals surface area contributed by atoms with Gasteiger partial charge in [-0.2, -0.15) is 0 Å². The molecule has 23 heavy (non-hydrogen) atoms. The lowest BCUT2D eigenvalue weighted by molar-refractivity contribution is 0.0943. The molecule has 2 unspecified atom stereocenters. The highest BCUT2D eigenvalue weighted by molar-refractivity contribution is 5.83. The highest BCUT2D eigenvalue weighted by atomic mass is 16.3. The van der Waals surface area contributed by atoms with Crippen molar-refractivity contribution in [3.05, 3.63) is 35.5 Å². The van der Waals surface area contributed by atoms with Gasteiger partial charge in [0.15, 0.2) is 0 Å². The van der Waals surface area contributed by atoms with Crippen molar-refractivity contribution in [1.82, 2.24) is 15.6 Å². The Morgan fingerprint density at radius 3 is 3.00 bits per heavy atom. The average molecular weight is 315 g/mol. The van der Waals surface area contributed by atoms with Crippen LogP contribution in [0.15, 0.2) is 24.4 Å². The number of fused-ring (bicyclic) bond motifs is 1. The molecule has 1 aliphatic rings. The number of carbonyl (C=O) groups is 1. The van der Waals surface area contributed by atoms with E-state index in [0.29, 0.717) is 6.54 Å². The van der Waals surface area contributed by atoms with Crippen molar-refractivity contribution >= 4 is 16.9 Å². The smallest absolute Gasteiger partial charge is 0.315 e. The lowest BCUT2D eigenvalue weighted by atomic mass is 9.93. The number of H-pyrrole nitrogens is 1. The molecule has 3 rings (SSSR count). The van der Waals surface area contributed by atoms with Crippen molar-refractivity contribution in [3.63, 3.8) is 0 Å². The van der Waals surface area contributed by atoms with E-state index in [2.05, 4.69) is 40.7 Å². The molecule has 5 heteroatoms. The van der Waals surface area contributed by atoms with Crippen molar-refractivity contribution in [3.8, 4) is 0 Å². The number of amides is 2. The van der Waals surface area contributed by atoms with E-state index in [-0.39, 0.29) is 12.1 Å². The Hall–Kier alpha value is -2.01. The van der Waals surface area contributed by atoms with Crippen LogP contribution in [0.5, 0.6) is 0 Å². The summed E-state index contributed by atoms with van der Waals surface area (Å²) in [6, 6.07) is 6.05. The van der Waals surface area contributed by atoms with Crippen LogP contribution >= 0.6 is 0 Å². The number of aliphatic hydroxyl groups excluding tert-OH is 1. The third kappa shape index (κ3) is 3.85. The van der Waals surface area contributed by atoms with Crippen LogP contribution in [0.2, 0.25) is 0 Å². The van der Waals surface area contributed by atoms with Gasteiger partial charge < -0.3 is 20.7 Å². The molecule has 1 aromatic carbocycles. The van der Waals surface area contributed by atoms with Crippen molar-refractivity contribution in [2.24, 2.45) is 0 Å². The summed E-state index contributed by atoms with van der Waals surface area (Å²) >= 11 is 0. The van der Waals surface area contributed by atoms with Crippen LogP contribution in [-0.2, 0) is 6.42 Å². The zero-order chi connectivity index (χ0) is 16.2. The maximum absolute atomic E-state index is 12.0. The topological polar surface area (TPSA) is 77.2 Å². The molecule has 0 spiro atoms. The molecule has 2 atom stereocenters. The normalized spacial score (nSPS) is 21.3. The molecule has 2 aromatic rings. The largest absolute Gasteiger partial charge is 0.391 e. The number of hydrogen-bond acceptors (Lipinski definition) is 2. The van der Waals surface area contributed by atoms with Crippen molar-refractivity contribution < 1.29 is 9.90 Å². The summed E-state index contributed by atoms with van der Waals surface area (Å²) < 4.78 is 0.